The highest BCUT2D eigenvalue weighted by molar-refractivity contribution is 5.77. The van der Waals surface area contributed by atoms with Gasteiger partial charge in [0.05, 0.1) is 0 Å². The van der Waals surface area contributed by atoms with E-state index in [-0.39, 0.29) is 11.9 Å². The van der Waals surface area contributed by atoms with Gasteiger partial charge >= 0.3 is 0 Å². The smallest absolute Gasteiger partial charge is 0.220 e. The molecule has 1 aromatic heterocycles. The van der Waals surface area contributed by atoms with Gasteiger partial charge in [0.15, 0.2) is 0 Å². The number of nitrogens with two attached hydrogens (primary N) is 1. The minimum absolute atomic E-state index is 0.108. The van der Waals surface area contributed by atoms with Crippen molar-refractivity contribution in [3.8, 4) is 0 Å². The Morgan fingerprint density at radius 3 is 3.00 bits per heavy atom. The molecular formula is C10H15N5O. The number of hydrogen-bond donors (Lipinski definition) is 3. The van der Waals surface area contributed by atoms with E-state index in [9.17, 15) is 4.79 Å². The Hall–Kier alpha value is -1.85. The molecule has 0 spiro atoms. The molecule has 0 bridgehead atoms. The summed E-state index contributed by atoms with van der Waals surface area (Å²) in [6.07, 6.45) is 1.37. The minimum atomic E-state index is 0.108. The Balaban J connectivity index is 2.00. The van der Waals surface area contributed by atoms with Crippen molar-refractivity contribution in [2.75, 3.05) is 17.6 Å². The predicted molar refractivity (Wildman–Crippen MR) is 60.8 cm³/mol. The predicted octanol–water partition coefficient (Wildman–Crippen LogP) is 0.0577. The lowest BCUT2D eigenvalue weighted by Gasteiger charge is -2.24. The van der Waals surface area contributed by atoms with Crippen LogP contribution in [0.5, 0.6) is 0 Å². The van der Waals surface area contributed by atoms with Gasteiger partial charge in [0.2, 0.25) is 5.91 Å². The summed E-state index contributed by atoms with van der Waals surface area (Å²) in [5.74, 6) is 1.92. The maximum atomic E-state index is 11.0. The lowest BCUT2D eigenvalue weighted by atomic mass is 10.1. The molecule has 6 heteroatoms. The number of nitrogen functional groups attached to an aromatic ring is 1. The molecule has 86 valence electrons. The first-order valence-corrected chi connectivity index (χ1v) is 5.28. The molecule has 4 N–H and O–H groups in total. The fourth-order valence-electron chi connectivity index (χ4n) is 1.73. The number of carbonyl (C=O) groups is 1. The zero-order chi connectivity index (χ0) is 11.5. The first-order chi connectivity index (χ1) is 7.63. The third-order valence-corrected chi connectivity index (χ3v) is 2.48. The highest BCUT2D eigenvalue weighted by atomic mass is 16.1. The molecule has 1 saturated heterocycles. The normalized spacial score (nSPS) is 20.3. The molecule has 1 amide bonds. The quantitative estimate of drug-likeness (QED) is 0.656. The number of hydrogen-bond acceptors (Lipinski definition) is 5. The van der Waals surface area contributed by atoms with Crippen LogP contribution in [0.2, 0.25) is 0 Å². The van der Waals surface area contributed by atoms with Crippen LogP contribution in [0.4, 0.5) is 11.6 Å². The molecule has 6 nitrogen and oxygen atoms in total. The van der Waals surface area contributed by atoms with Crippen LogP contribution >= 0.6 is 0 Å². The lowest BCUT2D eigenvalue weighted by Crippen LogP contribution is -2.42. The van der Waals surface area contributed by atoms with Crippen molar-refractivity contribution in [2.45, 2.75) is 25.8 Å². The Morgan fingerprint density at radius 1 is 1.56 bits per heavy atom. The molecule has 1 fully saturated rings. The maximum Gasteiger partial charge on any atom is 0.220 e. The topological polar surface area (TPSA) is 92.9 Å². The van der Waals surface area contributed by atoms with Crippen molar-refractivity contribution in [3.05, 3.63) is 11.9 Å². The van der Waals surface area contributed by atoms with Gasteiger partial charge < -0.3 is 16.4 Å². The van der Waals surface area contributed by atoms with Gasteiger partial charge in [-0.3, -0.25) is 4.79 Å². The first-order valence-electron chi connectivity index (χ1n) is 5.28. The summed E-state index contributed by atoms with van der Waals surface area (Å²) in [6.45, 7) is 2.42. The van der Waals surface area contributed by atoms with Crippen LogP contribution in [-0.4, -0.2) is 28.5 Å². The van der Waals surface area contributed by atoms with Crippen LogP contribution in [0.15, 0.2) is 6.07 Å². The number of piperidine rings is 1. The Kier molecular flexibility index (Phi) is 2.89. The molecule has 0 radical (unpaired) electrons. The van der Waals surface area contributed by atoms with Gasteiger partial charge in [-0.1, -0.05) is 0 Å². The van der Waals surface area contributed by atoms with Crippen LogP contribution in [0.25, 0.3) is 0 Å². The van der Waals surface area contributed by atoms with Crippen molar-refractivity contribution in [2.24, 2.45) is 0 Å². The highest BCUT2D eigenvalue weighted by Crippen LogP contribution is 2.12. The van der Waals surface area contributed by atoms with Crippen LogP contribution in [-0.2, 0) is 4.79 Å². The summed E-state index contributed by atoms with van der Waals surface area (Å²) in [4.78, 5) is 19.2. The number of carbonyl (C=O) groups excluding carboxylic acids is 1. The number of rotatable bonds is 2. The molecular weight excluding hydrogens is 206 g/mol. The van der Waals surface area contributed by atoms with E-state index in [1.54, 1.807) is 13.0 Å². The van der Waals surface area contributed by atoms with Crippen molar-refractivity contribution in [1.29, 1.82) is 0 Å². The summed E-state index contributed by atoms with van der Waals surface area (Å²) in [7, 11) is 0. The minimum Gasteiger partial charge on any atom is -0.384 e. The number of aryl methyl sites for hydroxylation is 1. The second kappa shape index (κ2) is 4.34. The highest BCUT2D eigenvalue weighted by Gasteiger charge is 2.18. The molecule has 1 aliphatic rings. The van der Waals surface area contributed by atoms with E-state index < -0.39 is 0 Å². The van der Waals surface area contributed by atoms with E-state index in [1.807, 2.05) is 0 Å². The van der Waals surface area contributed by atoms with Crippen LogP contribution in [0, 0.1) is 6.92 Å². The van der Waals surface area contributed by atoms with Gasteiger partial charge in [0, 0.05) is 25.1 Å². The van der Waals surface area contributed by atoms with Gasteiger partial charge in [-0.15, -0.1) is 0 Å². The molecule has 1 aliphatic heterocycles. The maximum absolute atomic E-state index is 11.0. The second-order valence-electron chi connectivity index (χ2n) is 3.91. The summed E-state index contributed by atoms with van der Waals surface area (Å²) in [5.41, 5.74) is 5.63. The molecule has 16 heavy (non-hydrogen) atoms. The van der Waals surface area contributed by atoms with Gasteiger partial charge in [0.25, 0.3) is 0 Å². The fraction of sp³-hybridized carbons (Fsp3) is 0.500. The number of nitrogens with one attached hydrogen (secondary N) is 2. The van der Waals surface area contributed by atoms with Gasteiger partial charge in [-0.05, 0) is 13.3 Å². The molecule has 0 aliphatic carbocycles. The van der Waals surface area contributed by atoms with Gasteiger partial charge in [0.1, 0.15) is 17.5 Å². The third kappa shape index (κ3) is 2.59. The molecule has 2 rings (SSSR count). The van der Waals surface area contributed by atoms with Gasteiger partial charge in [-0.2, -0.15) is 0 Å². The first kappa shape index (κ1) is 10.7. The molecule has 1 aromatic rings. The summed E-state index contributed by atoms with van der Waals surface area (Å²) >= 11 is 0. The molecule has 0 saturated carbocycles. The number of aromatic nitrogens is 2. The van der Waals surface area contributed by atoms with Crippen molar-refractivity contribution >= 4 is 17.5 Å². The Bertz CT molecular complexity index is 376. The van der Waals surface area contributed by atoms with Crippen molar-refractivity contribution in [3.63, 3.8) is 0 Å². The van der Waals surface area contributed by atoms with Crippen molar-refractivity contribution < 1.29 is 4.79 Å². The Morgan fingerprint density at radius 2 is 2.38 bits per heavy atom. The van der Waals surface area contributed by atoms with E-state index in [1.165, 1.54) is 0 Å². The molecule has 0 aromatic carbocycles. The monoisotopic (exact) mass is 221 g/mol. The summed E-state index contributed by atoms with van der Waals surface area (Å²) in [5, 5.41) is 6.04. The lowest BCUT2D eigenvalue weighted by molar-refractivity contribution is -0.122. The zero-order valence-electron chi connectivity index (χ0n) is 9.16. The van der Waals surface area contributed by atoms with Crippen molar-refractivity contribution in [1.82, 2.24) is 15.3 Å². The van der Waals surface area contributed by atoms with Crippen LogP contribution in [0.1, 0.15) is 18.7 Å². The molecule has 1 atom stereocenters. The van der Waals surface area contributed by atoms with E-state index >= 15 is 0 Å². The zero-order valence-corrected chi connectivity index (χ0v) is 9.16. The number of anilines is 2. The average Bonchev–Trinajstić information content (AvgIpc) is 2.20. The molecule has 2 heterocycles. The average molecular weight is 221 g/mol. The summed E-state index contributed by atoms with van der Waals surface area (Å²) < 4.78 is 0. The van der Waals surface area contributed by atoms with E-state index in [4.69, 9.17) is 5.73 Å². The van der Waals surface area contributed by atoms with Gasteiger partial charge in [-0.25, -0.2) is 9.97 Å². The number of amides is 1. The van der Waals surface area contributed by atoms with E-state index in [2.05, 4.69) is 20.6 Å². The Labute approximate surface area is 93.7 Å². The summed E-state index contributed by atoms with van der Waals surface area (Å²) in [6, 6.07) is 1.91. The standard InChI is InChI=1S/C10H15N5O/c1-6-13-8(11)4-9(14-6)15-7-2-3-10(16)12-5-7/h4,7H,2-3,5H2,1H3,(H,12,16)(H3,11,13,14,15). The third-order valence-electron chi connectivity index (χ3n) is 2.48. The van der Waals surface area contributed by atoms with E-state index in [0.29, 0.717) is 30.4 Å². The van der Waals surface area contributed by atoms with E-state index in [0.717, 1.165) is 6.42 Å². The largest absolute Gasteiger partial charge is 0.384 e. The fourth-order valence-corrected chi connectivity index (χ4v) is 1.73. The van der Waals surface area contributed by atoms with Crippen LogP contribution in [0.3, 0.4) is 0 Å². The number of nitrogens with zero attached hydrogens (tertiary/aromatic N) is 2. The van der Waals surface area contributed by atoms with Crippen LogP contribution < -0.4 is 16.4 Å². The second-order valence-corrected chi connectivity index (χ2v) is 3.91. The SMILES string of the molecule is Cc1nc(N)cc(NC2CCC(=O)NC2)n1. The molecule has 1 unspecified atom stereocenters.